The Morgan fingerprint density at radius 3 is 2.28 bits per heavy atom. The molecule has 0 bridgehead atoms. The lowest BCUT2D eigenvalue weighted by Crippen LogP contribution is -2.57. The van der Waals surface area contributed by atoms with Gasteiger partial charge in [0.25, 0.3) is 5.91 Å². The summed E-state index contributed by atoms with van der Waals surface area (Å²) in [6.45, 7) is 15.2. The van der Waals surface area contributed by atoms with Crippen molar-refractivity contribution >= 4 is 35.2 Å². The molecule has 3 aromatic rings. The van der Waals surface area contributed by atoms with Gasteiger partial charge in [0.2, 0.25) is 6.29 Å². The molecule has 2 atom stereocenters. The van der Waals surface area contributed by atoms with Crippen molar-refractivity contribution in [3.05, 3.63) is 76.2 Å². The molecule has 1 aliphatic carbocycles. The van der Waals surface area contributed by atoms with Gasteiger partial charge in [-0.3, -0.25) is 4.79 Å². The number of hydrogen-bond acceptors (Lipinski definition) is 8. The van der Waals surface area contributed by atoms with E-state index in [1.165, 1.54) is 47.3 Å². The molecular formula is C43H61N3O6S. The topological polar surface area (TPSA) is 106 Å². The van der Waals surface area contributed by atoms with Gasteiger partial charge in [0.05, 0.1) is 12.1 Å². The van der Waals surface area contributed by atoms with E-state index in [-0.39, 0.29) is 24.1 Å². The number of thiophene rings is 1. The molecule has 2 unspecified atom stereocenters. The minimum absolute atomic E-state index is 0.00590. The van der Waals surface area contributed by atoms with Crippen molar-refractivity contribution in [2.24, 2.45) is 5.92 Å². The smallest absolute Gasteiger partial charge is 0.431 e. The fourth-order valence-electron chi connectivity index (χ4n) is 6.50. The minimum Gasteiger partial charge on any atom is -0.431 e. The summed E-state index contributed by atoms with van der Waals surface area (Å²) >= 11 is 1.83. The van der Waals surface area contributed by atoms with Gasteiger partial charge in [0.1, 0.15) is 6.10 Å². The third kappa shape index (κ3) is 13.4. The highest BCUT2D eigenvalue weighted by Crippen LogP contribution is 2.31. The van der Waals surface area contributed by atoms with Gasteiger partial charge in [0, 0.05) is 41.0 Å². The van der Waals surface area contributed by atoms with Gasteiger partial charge < -0.3 is 29.7 Å². The van der Waals surface area contributed by atoms with E-state index in [1.54, 1.807) is 0 Å². The molecule has 53 heavy (non-hydrogen) atoms. The third-order valence-corrected chi connectivity index (χ3v) is 10.7. The average Bonchev–Trinajstić information content (AvgIpc) is 3.57. The number of nitrogens with one attached hydrogen (secondary N) is 2. The van der Waals surface area contributed by atoms with Crippen molar-refractivity contribution in [3.8, 4) is 10.4 Å². The van der Waals surface area contributed by atoms with Crippen molar-refractivity contribution in [2.45, 2.75) is 137 Å². The van der Waals surface area contributed by atoms with Crippen LogP contribution in [0.4, 0.5) is 15.3 Å². The lowest BCUT2D eigenvalue weighted by Gasteiger charge is -2.39. The maximum Gasteiger partial charge on any atom is 0.511 e. The number of anilines is 1. The zero-order valence-corrected chi connectivity index (χ0v) is 33.7. The molecule has 290 valence electrons. The summed E-state index contributed by atoms with van der Waals surface area (Å²) in [6.07, 6.45) is 8.96. The van der Waals surface area contributed by atoms with Gasteiger partial charge in [-0.1, -0.05) is 84.1 Å². The molecule has 2 aromatic carbocycles. The van der Waals surface area contributed by atoms with Crippen molar-refractivity contribution < 1.29 is 28.6 Å². The Bertz CT molecular complexity index is 1610. The Balaban J connectivity index is 0.000000964. The standard InChI is InChI=1S/C37H47N3O6S.C6H14/c1-23(2)18-32-16-17-34(47-32)28-11-9-10-27(19-28)25(4)38-35(41)33-20-29(15-14-24(33)3)39-30-21-40(22-30)36(42)44-26(5)45-37(43)46-31-12-7-6-8-13-31;1-3-5-6-4-2/h9-11,14-17,19-20,23,25-26,30-31,39H,6-8,12-13,18,21-22H2,1-5H3,(H,38,41);3-6H2,1-2H3. The van der Waals surface area contributed by atoms with Crippen LogP contribution in [0.3, 0.4) is 0 Å². The van der Waals surface area contributed by atoms with Crippen molar-refractivity contribution in [3.63, 3.8) is 0 Å². The molecule has 9 nitrogen and oxygen atoms in total. The van der Waals surface area contributed by atoms with Crippen LogP contribution in [0.5, 0.6) is 0 Å². The SMILES string of the molecule is CCCCCC.Cc1ccc(NC2CN(C(=O)OC(C)OC(=O)OC3CCCCC3)C2)cc1C(=O)NC(C)c1cccc(-c2ccc(CC(C)C)s2)c1. The largest absolute Gasteiger partial charge is 0.511 e. The first kappa shape index (κ1) is 41.7. The first-order valence-electron chi connectivity index (χ1n) is 19.7. The van der Waals surface area contributed by atoms with Gasteiger partial charge in [0.15, 0.2) is 0 Å². The maximum atomic E-state index is 13.4. The molecule has 2 fully saturated rings. The molecule has 2 aliphatic rings. The summed E-state index contributed by atoms with van der Waals surface area (Å²) in [4.78, 5) is 42.2. The van der Waals surface area contributed by atoms with Gasteiger partial charge in [-0.2, -0.15) is 0 Å². The normalized spacial score (nSPS) is 15.7. The average molecular weight is 748 g/mol. The highest BCUT2D eigenvalue weighted by atomic mass is 32.1. The van der Waals surface area contributed by atoms with E-state index in [2.05, 4.69) is 62.6 Å². The third-order valence-electron chi connectivity index (χ3n) is 9.58. The number of hydrogen-bond donors (Lipinski definition) is 2. The number of carbonyl (C=O) groups is 3. The predicted octanol–water partition coefficient (Wildman–Crippen LogP) is 11.1. The summed E-state index contributed by atoms with van der Waals surface area (Å²) in [5.74, 6) is 0.474. The number of amides is 2. The van der Waals surface area contributed by atoms with E-state index in [4.69, 9.17) is 14.2 Å². The van der Waals surface area contributed by atoms with Gasteiger partial charge in [-0.05, 0) is 98.9 Å². The molecule has 10 heteroatoms. The first-order chi connectivity index (χ1) is 25.4. The quantitative estimate of drug-likeness (QED) is 0.0960. The van der Waals surface area contributed by atoms with E-state index in [9.17, 15) is 14.4 Å². The van der Waals surface area contributed by atoms with Crippen molar-refractivity contribution in [2.75, 3.05) is 18.4 Å². The predicted molar refractivity (Wildman–Crippen MR) is 215 cm³/mol. The second kappa shape index (κ2) is 21.0. The highest BCUT2D eigenvalue weighted by Gasteiger charge is 2.33. The van der Waals surface area contributed by atoms with Gasteiger partial charge in [-0.15, -0.1) is 11.3 Å². The Labute approximate surface area is 321 Å². The van der Waals surface area contributed by atoms with Crippen LogP contribution in [0.15, 0.2) is 54.6 Å². The fraction of sp³-hybridized carbons (Fsp3) is 0.558. The van der Waals surface area contributed by atoms with Crippen LogP contribution >= 0.6 is 11.3 Å². The van der Waals surface area contributed by atoms with Gasteiger partial charge >= 0.3 is 12.2 Å². The molecule has 2 heterocycles. The molecule has 0 radical (unpaired) electrons. The number of rotatable bonds is 14. The van der Waals surface area contributed by atoms with E-state index >= 15 is 0 Å². The Hall–Kier alpha value is -4.05. The van der Waals surface area contributed by atoms with E-state index < -0.39 is 18.5 Å². The molecule has 1 saturated carbocycles. The molecule has 5 rings (SSSR count). The summed E-state index contributed by atoms with van der Waals surface area (Å²) in [5.41, 5.74) is 4.47. The first-order valence-corrected chi connectivity index (χ1v) is 20.5. The monoisotopic (exact) mass is 747 g/mol. The molecule has 1 aromatic heterocycles. The lowest BCUT2D eigenvalue weighted by molar-refractivity contribution is -0.0955. The number of ether oxygens (including phenoxy) is 3. The number of unbranched alkanes of at least 4 members (excludes halogenated alkanes) is 3. The summed E-state index contributed by atoms with van der Waals surface area (Å²) < 4.78 is 15.7. The molecule has 2 N–H and O–H groups in total. The Morgan fingerprint density at radius 2 is 1.60 bits per heavy atom. The van der Waals surface area contributed by atoms with Crippen molar-refractivity contribution in [1.29, 1.82) is 0 Å². The summed E-state index contributed by atoms with van der Waals surface area (Å²) in [7, 11) is 0. The van der Waals surface area contributed by atoms with E-state index in [1.807, 2.05) is 55.5 Å². The fourth-order valence-corrected chi connectivity index (χ4v) is 7.71. The zero-order chi connectivity index (χ0) is 38.3. The lowest BCUT2D eigenvalue weighted by atomic mass is 9.98. The second-order valence-electron chi connectivity index (χ2n) is 14.9. The molecular weight excluding hydrogens is 687 g/mol. The zero-order valence-electron chi connectivity index (χ0n) is 32.9. The van der Waals surface area contributed by atoms with Crippen LogP contribution in [0.2, 0.25) is 0 Å². The Kier molecular flexibility index (Phi) is 16.5. The molecule has 1 saturated heterocycles. The summed E-state index contributed by atoms with van der Waals surface area (Å²) in [6, 6.07) is 18.3. The van der Waals surface area contributed by atoms with Crippen LogP contribution in [-0.2, 0) is 20.6 Å². The van der Waals surface area contributed by atoms with Crippen LogP contribution < -0.4 is 10.6 Å². The van der Waals surface area contributed by atoms with E-state index in [0.29, 0.717) is 24.6 Å². The molecule has 1 aliphatic heterocycles. The number of carbonyl (C=O) groups excluding carboxylic acids is 3. The number of nitrogens with zero attached hydrogens (tertiary/aromatic N) is 1. The van der Waals surface area contributed by atoms with Crippen LogP contribution in [0.25, 0.3) is 10.4 Å². The van der Waals surface area contributed by atoms with Gasteiger partial charge in [-0.25, -0.2) is 9.59 Å². The van der Waals surface area contributed by atoms with E-state index in [0.717, 1.165) is 60.9 Å². The number of benzene rings is 2. The number of aryl methyl sites for hydroxylation is 1. The Morgan fingerprint density at radius 1 is 0.887 bits per heavy atom. The van der Waals surface area contributed by atoms with Crippen molar-refractivity contribution in [1.82, 2.24) is 10.2 Å². The molecule has 0 spiro atoms. The van der Waals surface area contributed by atoms with Crippen LogP contribution in [0.1, 0.15) is 132 Å². The van der Waals surface area contributed by atoms with Crippen LogP contribution in [-0.4, -0.2) is 54.6 Å². The van der Waals surface area contributed by atoms with Crippen LogP contribution in [0, 0.1) is 12.8 Å². The molecule has 2 amide bonds. The minimum atomic E-state index is -1.05. The highest BCUT2D eigenvalue weighted by molar-refractivity contribution is 7.15. The summed E-state index contributed by atoms with van der Waals surface area (Å²) in [5, 5.41) is 6.58. The second-order valence-corrected chi connectivity index (χ2v) is 16.0. The maximum absolute atomic E-state index is 13.4. The number of likely N-dealkylation sites (tertiary alicyclic amines) is 1.